The SMILES string of the molecule is CCCCCCCCCCCCCCCCCC[SiH2][Si]. The van der Waals surface area contributed by atoms with Crippen molar-refractivity contribution < 1.29 is 0 Å². The molecule has 3 radical (unpaired) electrons. The Hall–Kier alpha value is 0.434. The highest BCUT2D eigenvalue weighted by molar-refractivity contribution is 6.89. The highest BCUT2D eigenvalue weighted by Gasteiger charge is 1.94. The molecule has 0 saturated heterocycles. The van der Waals surface area contributed by atoms with Gasteiger partial charge in [-0.15, -0.1) is 0 Å². The number of hydrogen-bond acceptors (Lipinski definition) is 0. The number of rotatable bonds is 17. The van der Waals surface area contributed by atoms with Crippen LogP contribution in [0.3, 0.4) is 0 Å². The van der Waals surface area contributed by atoms with Gasteiger partial charge in [-0.05, 0) is 0 Å². The van der Waals surface area contributed by atoms with Crippen molar-refractivity contribution in [2.75, 3.05) is 0 Å². The Balaban J connectivity index is 2.89. The van der Waals surface area contributed by atoms with Crippen LogP contribution in [0.5, 0.6) is 0 Å². The zero-order chi connectivity index (χ0) is 14.7. The van der Waals surface area contributed by atoms with E-state index >= 15 is 0 Å². The number of hydrogen-bond donors (Lipinski definition) is 0. The van der Waals surface area contributed by atoms with E-state index in [9.17, 15) is 0 Å². The normalized spacial score (nSPS) is 11.7. The minimum atomic E-state index is 0.155. The summed E-state index contributed by atoms with van der Waals surface area (Å²) >= 11 is 0. The van der Waals surface area contributed by atoms with Crippen molar-refractivity contribution in [3.05, 3.63) is 0 Å². The fourth-order valence-electron chi connectivity index (χ4n) is 2.85. The van der Waals surface area contributed by atoms with Gasteiger partial charge in [-0.1, -0.05) is 116 Å². The third kappa shape index (κ3) is 18.4. The van der Waals surface area contributed by atoms with Crippen LogP contribution in [0.4, 0.5) is 0 Å². The van der Waals surface area contributed by atoms with E-state index in [4.69, 9.17) is 0 Å². The predicted molar refractivity (Wildman–Crippen MR) is 98.7 cm³/mol. The van der Waals surface area contributed by atoms with E-state index in [2.05, 4.69) is 16.7 Å². The van der Waals surface area contributed by atoms with Gasteiger partial charge in [0.05, 0.1) is 0 Å². The molecule has 0 saturated carbocycles. The lowest BCUT2D eigenvalue weighted by atomic mass is 10.0. The molecule has 0 N–H and O–H groups in total. The average Bonchev–Trinajstić information content (AvgIpc) is 2.47. The van der Waals surface area contributed by atoms with Gasteiger partial charge in [-0.3, -0.25) is 0 Å². The zero-order valence-electron chi connectivity index (χ0n) is 14.2. The van der Waals surface area contributed by atoms with E-state index in [0.717, 1.165) is 0 Å². The van der Waals surface area contributed by atoms with Crippen LogP contribution in [-0.2, 0) is 0 Å². The molecule has 0 aliphatic heterocycles. The van der Waals surface area contributed by atoms with Crippen LogP contribution in [0.15, 0.2) is 0 Å². The van der Waals surface area contributed by atoms with Crippen LogP contribution >= 0.6 is 0 Å². The van der Waals surface area contributed by atoms with Crippen LogP contribution < -0.4 is 0 Å². The van der Waals surface area contributed by atoms with Crippen molar-refractivity contribution in [2.45, 2.75) is 116 Å². The van der Waals surface area contributed by atoms with Gasteiger partial charge in [0.15, 0.2) is 0 Å². The monoisotopic (exact) mass is 311 g/mol. The molecule has 0 unspecified atom stereocenters. The second kappa shape index (κ2) is 19.4. The molecule has 0 amide bonds. The smallest absolute Gasteiger partial charge is 0.00591 e. The fourth-order valence-corrected chi connectivity index (χ4v) is 4.20. The fraction of sp³-hybridized carbons (Fsp3) is 1.00. The highest BCUT2D eigenvalue weighted by atomic mass is 29.1. The van der Waals surface area contributed by atoms with Crippen LogP contribution in [0.1, 0.15) is 110 Å². The standard InChI is InChI=1S/C18H39Si2/c1-2-3-4-5-6-7-8-9-10-11-12-13-14-15-16-17-18-20-19/h2-18,20H2,1H3. The second-order valence-electron chi connectivity index (χ2n) is 6.41. The molecule has 2 heteroatoms. The van der Waals surface area contributed by atoms with Gasteiger partial charge in [0.25, 0.3) is 0 Å². The van der Waals surface area contributed by atoms with Gasteiger partial charge in [0.1, 0.15) is 0 Å². The summed E-state index contributed by atoms with van der Waals surface area (Å²) in [6.07, 6.45) is 23.6. The van der Waals surface area contributed by atoms with Crippen LogP contribution in [0.2, 0.25) is 6.04 Å². The maximum absolute atomic E-state index is 3.68. The molecule has 0 aromatic carbocycles. The van der Waals surface area contributed by atoms with Gasteiger partial charge in [-0.25, -0.2) is 0 Å². The molecule has 0 rings (SSSR count). The van der Waals surface area contributed by atoms with E-state index in [1.54, 1.807) is 0 Å². The minimum absolute atomic E-state index is 0.155. The predicted octanol–water partition coefficient (Wildman–Crippen LogP) is 5.92. The molecule has 0 aromatic rings. The minimum Gasteiger partial charge on any atom is -0.0654 e. The van der Waals surface area contributed by atoms with Crippen LogP contribution in [0, 0.1) is 0 Å². The van der Waals surface area contributed by atoms with E-state index in [-0.39, 0.29) is 9.04 Å². The van der Waals surface area contributed by atoms with E-state index in [1.165, 1.54) is 109 Å². The number of unbranched alkanes of at least 4 members (excludes halogenated alkanes) is 15. The van der Waals surface area contributed by atoms with E-state index in [0.29, 0.717) is 0 Å². The summed E-state index contributed by atoms with van der Waals surface area (Å²) in [5.41, 5.74) is 0. The summed E-state index contributed by atoms with van der Waals surface area (Å²) in [5, 5.41) is 0. The Bertz CT molecular complexity index is 141. The maximum atomic E-state index is 3.68. The van der Waals surface area contributed by atoms with Crippen molar-refractivity contribution in [3.63, 3.8) is 0 Å². The second-order valence-corrected chi connectivity index (χ2v) is 9.11. The first kappa shape index (κ1) is 20.4. The Morgan fingerprint density at radius 2 is 0.800 bits per heavy atom. The lowest BCUT2D eigenvalue weighted by Gasteiger charge is -2.03. The molecule has 0 bridgehead atoms. The summed E-state index contributed by atoms with van der Waals surface area (Å²) < 4.78 is 0. The Kier molecular flexibility index (Phi) is 19.9. The summed E-state index contributed by atoms with van der Waals surface area (Å²) in [5.74, 6) is 0. The molecule has 0 heterocycles. The summed E-state index contributed by atoms with van der Waals surface area (Å²) in [4.78, 5) is 0. The van der Waals surface area contributed by atoms with Crippen LogP contribution in [0.25, 0.3) is 0 Å². The lowest BCUT2D eigenvalue weighted by molar-refractivity contribution is 0.531. The molecule has 0 spiro atoms. The highest BCUT2D eigenvalue weighted by Crippen LogP contribution is 2.13. The zero-order valence-corrected chi connectivity index (χ0v) is 16.6. The van der Waals surface area contributed by atoms with Gasteiger partial charge in [0, 0.05) is 18.8 Å². The van der Waals surface area contributed by atoms with Crippen molar-refractivity contribution in [2.24, 2.45) is 0 Å². The van der Waals surface area contributed by atoms with Crippen LogP contribution in [-0.4, -0.2) is 18.8 Å². The largest absolute Gasteiger partial charge is 0.0654 e. The molecular formula is C18H39Si2. The quantitative estimate of drug-likeness (QED) is 0.231. The van der Waals surface area contributed by atoms with E-state index < -0.39 is 0 Å². The summed E-state index contributed by atoms with van der Waals surface area (Å²) in [6.45, 7) is 2.30. The molecule has 0 atom stereocenters. The summed E-state index contributed by atoms with van der Waals surface area (Å²) in [7, 11) is 3.83. The third-order valence-electron chi connectivity index (χ3n) is 4.28. The molecule has 0 aromatic heterocycles. The van der Waals surface area contributed by atoms with Crippen molar-refractivity contribution >= 4 is 18.8 Å². The first-order valence-electron chi connectivity index (χ1n) is 9.56. The molecule has 0 aliphatic carbocycles. The average molecular weight is 312 g/mol. The first-order chi connectivity index (χ1) is 9.91. The van der Waals surface area contributed by atoms with Gasteiger partial charge < -0.3 is 0 Å². The Morgan fingerprint density at radius 1 is 0.500 bits per heavy atom. The maximum Gasteiger partial charge on any atom is 0.00591 e. The molecule has 0 aliphatic rings. The van der Waals surface area contributed by atoms with Gasteiger partial charge in [-0.2, -0.15) is 0 Å². The van der Waals surface area contributed by atoms with Crippen molar-refractivity contribution in [1.82, 2.24) is 0 Å². The topological polar surface area (TPSA) is 0 Å². The van der Waals surface area contributed by atoms with Gasteiger partial charge >= 0.3 is 0 Å². The third-order valence-corrected chi connectivity index (χ3v) is 6.19. The van der Waals surface area contributed by atoms with E-state index in [1.807, 2.05) is 0 Å². The Labute approximate surface area is 134 Å². The Morgan fingerprint density at radius 3 is 1.10 bits per heavy atom. The van der Waals surface area contributed by atoms with Crippen molar-refractivity contribution in [1.29, 1.82) is 0 Å². The molecule has 0 nitrogen and oxygen atoms in total. The molecular weight excluding hydrogens is 272 g/mol. The van der Waals surface area contributed by atoms with Crippen molar-refractivity contribution in [3.8, 4) is 0 Å². The summed E-state index contributed by atoms with van der Waals surface area (Å²) in [6, 6.07) is 1.50. The molecule has 0 fully saturated rings. The molecule has 119 valence electrons. The first-order valence-corrected chi connectivity index (χ1v) is 13.4. The lowest BCUT2D eigenvalue weighted by Crippen LogP contribution is -1.87. The molecule has 20 heavy (non-hydrogen) atoms. The van der Waals surface area contributed by atoms with Gasteiger partial charge in [0.2, 0.25) is 0 Å².